The number of hydrogen-bond acceptors (Lipinski definition) is 2. The minimum Gasteiger partial charge on any atom is -0.426 e. The van der Waals surface area contributed by atoms with Gasteiger partial charge in [0.25, 0.3) is 0 Å². The maximum Gasteiger partial charge on any atom is 0.318 e. The molecule has 0 aromatic heterocycles. The maximum atomic E-state index is 12.8. The third-order valence-electron chi connectivity index (χ3n) is 9.01. The summed E-state index contributed by atoms with van der Waals surface area (Å²) < 4.78 is 5.78. The quantitative estimate of drug-likeness (QED) is 0.224. The highest BCUT2D eigenvalue weighted by atomic mass is 16.5. The molecule has 182 valence electrons. The van der Waals surface area contributed by atoms with Gasteiger partial charge in [0.15, 0.2) is 0 Å². The lowest BCUT2D eigenvalue weighted by molar-refractivity contribution is -0.137. The van der Waals surface area contributed by atoms with Crippen molar-refractivity contribution in [1.82, 2.24) is 0 Å². The first kappa shape index (κ1) is 24.6. The smallest absolute Gasteiger partial charge is 0.318 e. The minimum absolute atomic E-state index is 0.0776. The largest absolute Gasteiger partial charge is 0.426 e. The molecule has 2 heteroatoms. The summed E-state index contributed by atoms with van der Waals surface area (Å²) in [6, 6.07) is 8.40. The average molecular weight is 451 g/mol. The van der Waals surface area contributed by atoms with Gasteiger partial charge in [-0.05, 0) is 98.7 Å². The van der Waals surface area contributed by atoms with Crippen molar-refractivity contribution in [3.8, 4) is 5.75 Å². The summed E-state index contributed by atoms with van der Waals surface area (Å²) in [5.74, 6) is 4.62. The lowest BCUT2D eigenvalue weighted by Gasteiger charge is -2.34. The van der Waals surface area contributed by atoms with E-state index in [9.17, 15) is 4.79 Å². The van der Waals surface area contributed by atoms with Gasteiger partial charge in [0.2, 0.25) is 0 Å². The van der Waals surface area contributed by atoms with Gasteiger partial charge in [-0.15, -0.1) is 0 Å². The van der Waals surface area contributed by atoms with Crippen molar-refractivity contribution >= 4 is 5.97 Å². The zero-order valence-electron chi connectivity index (χ0n) is 21.1. The fraction of sp³-hybridized carbons (Fsp3) is 0.710. The van der Waals surface area contributed by atoms with E-state index in [2.05, 4.69) is 38.1 Å². The molecule has 1 aromatic rings. The first-order valence-electron chi connectivity index (χ1n) is 14.2. The Hall–Kier alpha value is -1.57. The van der Waals surface area contributed by atoms with Crippen LogP contribution < -0.4 is 4.74 Å². The molecule has 2 unspecified atom stereocenters. The Kier molecular flexibility index (Phi) is 9.10. The van der Waals surface area contributed by atoms with Crippen LogP contribution in [0.3, 0.4) is 0 Å². The van der Waals surface area contributed by atoms with Gasteiger partial charge in [-0.3, -0.25) is 4.79 Å². The molecule has 0 radical (unpaired) electrons. The van der Waals surface area contributed by atoms with Crippen molar-refractivity contribution in [2.75, 3.05) is 0 Å². The Balaban J connectivity index is 1.22. The molecule has 33 heavy (non-hydrogen) atoms. The molecular weight excluding hydrogens is 404 g/mol. The molecule has 1 aromatic carbocycles. The van der Waals surface area contributed by atoms with Crippen LogP contribution >= 0.6 is 0 Å². The molecule has 2 fully saturated rings. The molecule has 3 aliphatic rings. The second kappa shape index (κ2) is 12.2. The predicted molar refractivity (Wildman–Crippen MR) is 137 cm³/mol. The number of carbonyl (C=O) groups is 1. The summed E-state index contributed by atoms with van der Waals surface area (Å²) in [4.78, 5) is 12.8. The van der Waals surface area contributed by atoms with E-state index in [-0.39, 0.29) is 11.9 Å². The highest BCUT2D eigenvalue weighted by molar-refractivity contribution is 5.77. The van der Waals surface area contributed by atoms with Crippen LogP contribution in [0, 0.1) is 29.6 Å². The van der Waals surface area contributed by atoms with Gasteiger partial charge in [-0.25, -0.2) is 0 Å². The van der Waals surface area contributed by atoms with Crippen LogP contribution in [-0.4, -0.2) is 5.97 Å². The Morgan fingerprint density at radius 1 is 0.758 bits per heavy atom. The summed E-state index contributed by atoms with van der Waals surface area (Å²) in [7, 11) is 0. The number of benzene rings is 1. The molecule has 0 saturated heterocycles. The molecule has 0 aliphatic heterocycles. The van der Waals surface area contributed by atoms with E-state index in [0.29, 0.717) is 17.6 Å². The van der Waals surface area contributed by atoms with Crippen LogP contribution in [0.5, 0.6) is 5.75 Å². The Morgan fingerprint density at radius 2 is 1.36 bits per heavy atom. The molecule has 2 saturated carbocycles. The number of ether oxygens (including phenoxy) is 1. The standard InChI is InChI=1S/C31H46O2/c1-3-5-23-7-11-25(12-8-23)27-15-17-29(18-16-27)31(32)33-30-21-19-28(20-22-30)26-13-9-24(6-4-2)10-14-26/h15,17,19-27,29H,3-14,16,18H2,1-2H3. The van der Waals surface area contributed by atoms with Crippen LogP contribution in [0.15, 0.2) is 36.4 Å². The van der Waals surface area contributed by atoms with Crippen molar-refractivity contribution < 1.29 is 9.53 Å². The third kappa shape index (κ3) is 6.74. The Bertz CT molecular complexity index is 748. The zero-order valence-corrected chi connectivity index (χ0v) is 21.1. The summed E-state index contributed by atoms with van der Waals surface area (Å²) >= 11 is 0. The van der Waals surface area contributed by atoms with E-state index in [4.69, 9.17) is 4.74 Å². The van der Waals surface area contributed by atoms with Gasteiger partial charge in [-0.1, -0.05) is 76.7 Å². The fourth-order valence-corrected chi connectivity index (χ4v) is 6.94. The number of rotatable bonds is 8. The topological polar surface area (TPSA) is 26.3 Å². The molecule has 2 atom stereocenters. The molecule has 4 rings (SSSR count). The molecule has 0 heterocycles. The lowest BCUT2D eigenvalue weighted by Crippen LogP contribution is -2.26. The second-order valence-electron chi connectivity index (χ2n) is 11.3. The number of hydrogen-bond donors (Lipinski definition) is 0. The molecule has 3 aliphatic carbocycles. The molecular formula is C31H46O2. The third-order valence-corrected chi connectivity index (χ3v) is 9.01. The van der Waals surface area contributed by atoms with Gasteiger partial charge >= 0.3 is 5.97 Å². The fourth-order valence-electron chi connectivity index (χ4n) is 6.94. The van der Waals surface area contributed by atoms with Crippen molar-refractivity contribution in [1.29, 1.82) is 0 Å². The van der Waals surface area contributed by atoms with Crippen LogP contribution in [0.2, 0.25) is 0 Å². The van der Waals surface area contributed by atoms with Crippen molar-refractivity contribution in [3.05, 3.63) is 42.0 Å². The zero-order chi connectivity index (χ0) is 23.0. The summed E-state index contributed by atoms with van der Waals surface area (Å²) in [6.45, 7) is 4.61. The lowest BCUT2D eigenvalue weighted by atomic mass is 9.71. The molecule has 0 amide bonds. The van der Waals surface area contributed by atoms with Crippen LogP contribution in [-0.2, 0) is 4.79 Å². The number of allylic oxidation sites excluding steroid dienone is 1. The second-order valence-corrected chi connectivity index (χ2v) is 11.3. The Labute approximate surface area is 202 Å². The Morgan fingerprint density at radius 3 is 1.91 bits per heavy atom. The summed E-state index contributed by atoms with van der Waals surface area (Å²) in [5, 5.41) is 0. The van der Waals surface area contributed by atoms with Gasteiger partial charge < -0.3 is 4.74 Å². The molecule has 0 spiro atoms. The van der Waals surface area contributed by atoms with E-state index in [1.165, 1.54) is 82.6 Å². The number of carbonyl (C=O) groups excluding carboxylic acids is 1. The van der Waals surface area contributed by atoms with Gasteiger partial charge in [-0.2, -0.15) is 0 Å². The predicted octanol–water partition coefficient (Wildman–Crippen LogP) is 8.85. The summed E-state index contributed by atoms with van der Waals surface area (Å²) in [6.07, 6.45) is 22.9. The highest BCUT2D eigenvalue weighted by Crippen LogP contribution is 2.40. The first-order chi connectivity index (χ1) is 16.2. The molecule has 0 bridgehead atoms. The normalized spacial score (nSPS) is 32.4. The molecule has 0 N–H and O–H groups in total. The summed E-state index contributed by atoms with van der Waals surface area (Å²) in [5.41, 5.74) is 1.42. The van der Waals surface area contributed by atoms with E-state index < -0.39 is 0 Å². The minimum atomic E-state index is -0.0795. The highest BCUT2D eigenvalue weighted by Gasteiger charge is 2.30. The maximum absolute atomic E-state index is 12.8. The van der Waals surface area contributed by atoms with E-state index in [1.807, 2.05) is 12.1 Å². The SMILES string of the molecule is CCCC1CCC(c2ccc(OC(=O)C3C=CC(C4CCC(CCC)CC4)CC3)cc2)CC1. The van der Waals surface area contributed by atoms with Crippen molar-refractivity contribution in [2.24, 2.45) is 29.6 Å². The monoisotopic (exact) mass is 450 g/mol. The van der Waals surface area contributed by atoms with Gasteiger partial charge in [0, 0.05) is 0 Å². The average Bonchev–Trinajstić information content (AvgIpc) is 2.86. The first-order valence-corrected chi connectivity index (χ1v) is 14.2. The number of esters is 1. The van der Waals surface area contributed by atoms with Crippen LogP contribution in [0.1, 0.15) is 115 Å². The van der Waals surface area contributed by atoms with Crippen LogP contribution in [0.25, 0.3) is 0 Å². The van der Waals surface area contributed by atoms with E-state index in [0.717, 1.165) is 30.6 Å². The van der Waals surface area contributed by atoms with Gasteiger partial charge in [0.1, 0.15) is 5.75 Å². The van der Waals surface area contributed by atoms with Crippen molar-refractivity contribution in [3.63, 3.8) is 0 Å². The van der Waals surface area contributed by atoms with Crippen LogP contribution in [0.4, 0.5) is 0 Å². The molecule has 2 nitrogen and oxygen atoms in total. The van der Waals surface area contributed by atoms with E-state index >= 15 is 0 Å². The van der Waals surface area contributed by atoms with Gasteiger partial charge in [0.05, 0.1) is 5.92 Å². The van der Waals surface area contributed by atoms with E-state index in [1.54, 1.807) is 0 Å². The van der Waals surface area contributed by atoms with Crippen molar-refractivity contribution in [2.45, 2.75) is 110 Å².